The van der Waals surface area contributed by atoms with Gasteiger partial charge >= 0.3 is 6.03 Å². The summed E-state index contributed by atoms with van der Waals surface area (Å²) in [7, 11) is 0. The zero-order chi connectivity index (χ0) is 16.2. The van der Waals surface area contributed by atoms with Crippen LogP contribution >= 0.6 is 0 Å². The minimum absolute atomic E-state index is 0.00995. The van der Waals surface area contributed by atoms with Gasteiger partial charge < -0.3 is 14.9 Å². The number of hydrogen-bond acceptors (Lipinski definition) is 2. The van der Waals surface area contributed by atoms with Crippen LogP contribution < -0.4 is 0 Å². The van der Waals surface area contributed by atoms with Gasteiger partial charge in [0.05, 0.1) is 18.7 Å². The first-order chi connectivity index (χ1) is 11.2. The molecule has 0 unspecified atom stereocenters. The summed E-state index contributed by atoms with van der Waals surface area (Å²) in [6, 6.07) is 19.7. The molecule has 1 fully saturated rings. The van der Waals surface area contributed by atoms with Crippen molar-refractivity contribution in [2.45, 2.75) is 32.1 Å². The molecule has 0 bridgehead atoms. The first kappa shape index (κ1) is 15.6. The highest BCUT2D eigenvalue weighted by molar-refractivity contribution is 5.78. The van der Waals surface area contributed by atoms with E-state index in [4.69, 9.17) is 0 Å². The molecule has 1 aliphatic rings. The fourth-order valence-electron chi connectivity index (χ4n) is 3.16. The molecule has 2 atom stereocenters. The van der Waals surface area contributed by atoms with Crippen molar-refractivity contribution in [3.05, 3.63) is 71.8 Å². The highest BCUT2D eigenvalue weighted by Gasteiger charge is 2.42. The van der Waals surface area contributed by atoms with Crippen LogP contribution in [0.1, 0.15) is 18.1 Å². The van der Waals surface area contributed by atoms with E-state index in [2.05, 4.69) is 0 Å². The Balaban J connectivity index is 1.79. The van der Waals surface area contributed by atoms with E-state index in [1.807, 2.05) is 72.5 Å². The van der Waals surface area contributed by atoms with Gasteiger partial charge in [-0.05, 0) is 18.1 Å². The smallest absolute Gasteiger partial charge is 0.321 e. The Kier molecular flexibility index (Phi) is 4.63. The predicted molar refractivity (Wildman–Crippen MR) is 89.7 cm³/mol. The molecule has 2 aromatic rings. The van der Waals surface area contributed by atoms with Crippen LogP contribution in [0.15, 0.2) is 60.7 Å². The van der Waals surface area contributed by atoms with Crippen molar-refractivity contribution < 1.29 is 9.90 Å². The summed E-state index contributed by atoms with van der Waals surface area (Å²) >= 11 is 0. The molecule has 4 heteroatoms. The van der Waals surface area contributed by atoms with Crippen LogP contribution in [0.3, 0.4) is 0 Å². The molecule has 120 valence electrons. The van der Waals surface area contributed by atoms with E-state index in [1.54, 1.807) is 4.90 Å². The summed E-state index contributed by atoms with van der Waals surface area (Å²) in [4.78, 5) is 16.5. The summed E-state index contributed by atoms with van der Waals surface area (Å²) in [6.07, 6.45) is 0. The Morgan fingerprint density at radius 3 is 1.83 bits per heavy atom. The minimum atomic E-state index is -0.175. The fourth-order valence-corrected chi connectivity index (χ4v) is 3.16. The molecule has 1 N–H and O–H groups in total. The molecule has 0 aromatic heterocycles. The normalized spacial score (nSPS) is 21.0. The number of carbonyl (C=O) groups is 1. The second kappa shape index (κ2) is 6.84. The third-order valence-electron chi connectivity index (χ3n) is 4.52. The fraction of sp³-hybridized carbons (Fsp3) is 0.316. The lowest BCUT2D eigenvalue weighted by Crippen LogP contribution is -2.38. The lowest BCUT2D eigenvalue weighted by atomic mass is 10.1. The molecule has 3 rings (SSSR count). The maximum absolute atomic E-state index is 12.8. The molecular formula is C19H22N2O2. The van der Waals surface area contributed by atoms with Crippen LogP contribution in [0.25, 0.3) is 0 Å². The highest BCUT2D eigenvalue weighted by Crippen LogP contribution is 2.26. The molecule has 0 radical (unpaired) electrons. The van der Waals surface area contributed by atoms with Crippen molar-refractivity contribution in [2.75, 3.05) is 6.61 Å². The van der Waals surface area contributed by atoms with Crippen LogP contribution in [0.5, 0.6) is 0 Å². The second-order valence-corrected chi connectivity index (χ2v) is 6.00. The topological polar surface area (TPSA) is 43.8 Å². The van der Waals surface area contributed by atoms with E-state index in [9.17, 15) is 9.90 Å². The minimum Gasteiger partial charge on any atom is -0.394 e. The van der Waals surface area contributed by atoms with Gasteiger partial charge in [-0.25, -0.2) is 4.79 Å². The van der Waals surface area contributed by atoms with E-state index >= 15 is 0 Å². The van der Waals surface area contributed by atoms with Crippen LogP contribution in [-0.2, 0) is 13.1 Å². The second-order valence-electron chi connectivity index (χ2n) is 6.00. The molecule has 2 aromatic carbocycles. The number of aliphatic hydroxyl groups excluding tert-OH is 1. The zero-order valence-electron chi connectivity index (χ0n) is 13.3. The van der Waals surface area contributed by atoms with Crippen molar-refractivity contribution >= 4 is 6.03 Å². The van der Waals surface area contributed by atoms with E-state index in [-0.39, 0.29) is 24.7 Å². The van der Waals surface area contributed by atoms with Gasteiger partial charge in [-0.1, -0.05) is 60.7 Å². The quantitative estimate of drug-likeness (QED) is 0.923. The highest BCUT2D eigenvalue weighted by atomic mass is 16.3. The van der Waals surface area contributed by atoms with Crippen LogP contribution in [0.2, 0.25) is 0 Å². The number of rotatable bonds is 5. The summed E-state index contributed by atoms with van der Waals surface area (Å²) in [6.45, 7) is 3.08. The van der Waals surface area contributed by atoms with E-state index in [0.717, 1.165) is 11.1 Å². The standard InChI is InChI=1S/C19H22N2O2/c1-15-18(14-22)21(13-17-10-6-3-7-11-17)19(23)20(15)12-16-8-4-2-5-9-16/h2-11,15,18,22H,12-14H2,1H3/t15-,18+/m0/s1. The van der Waals surface area contributed by atoms with Gasteiger partial charge in [0, 0.05) is 13.1 Å². The average Bonchev–Trinajstić information content (AvgIpc) is 2.81. The molecule has 2 amide bonds. The van der Waals surface area contributed by atoms with Gasteiger partial charge in [-0.2, -0.15) is 0 Å². The summed E-state index contributed by atoms with van der Waals surface area (Å²) in [5.74, 6) is 0. The van der Waals surface area contributed by atoms with Crippen LogP contribution in [0, 0.1) is 0 Å². The molecule has 23 heavy (non-hydrogen) atoms. The number of aliphatic hydroxyl groups is 1. The predicted octanol–water partition coefficient (Wildman–Crippen LogP) is 2.87. The molecule has 1 aliphatic heterocycles. The number of urea groups is 1. The maximum Gasteiger partial charge on any atom is 0.321 e. The Bertz CT molecular complexity index is 645. The van der Waals surface area contributed by atoms with Crippen LogP contribution in [-0.4, -0.2) is 39.6 Å². The summed E-state index contributed by atoms with van der Waals surface area (Å²) in [5, 5.41) is 9.77. The molecule has 1 heterocycles. The van der Waals surface area contributed by atoms with E-state index < -0.39 is 0 Å². The first-order valence-corrected chi connectivity index (χ1v) is 7.96. The van der Waals surface area contributed by atoms with Gasteiger partial charge in [-0.3, -0.25) is 0 Å². The zero-order valence-corrected chi connectivity index (χ0v) is 13.3. The van der Waals surface area contributed by atoms with Crippen molar-refractivity contribution in [2.24, 2.45) is 0 Å². The SMILES string of the molecule is C[C@H]1[C@@H](CO)N(Cc2ccccc2)C(=O)N1Cc1ccccc1. The third kappa shape index (κ3) is 3.22. The Morgan fingerprint density at radius 2 is 1.35 bits per heavy atom. The number of amides is 2. The molecular weight excluding hydrogens is 288 g/mol. The lowest BCUT2D eigenvalue weighted by Gasteiger charge is -2.23. The van der Waals surface area contributed by atoms with Gasteiger partial charge in [0.2, 0.25) is 0 Å². The number of carbonyl (C=O) groups excluding carboxylic acids is 1. The van der Waals surface area contributed by atoms with Gasteiger partial charge in [0.1, 0.15) is 0 Å². The molecule has 4 nitrogen and oxygen atoms in total. The Labute approximate surface area is 137 Å². The number of benzene rings is 2. The molecule has 0 saturated carbocycles. The number of hydrogen-bond donors (Lipinski definition) is 1. The maximum atomic E-state index is 12.8. The van der Waals surface area contributed by atoms with Gasteiger partial charge in [0.25, 0.3) is 0 Å². The summed E-state index contributed by atoms with van der Waals surface area (Å²) < 4.78 is 0. The lowest BCUT2D eigenvalue weighted by molar-refractivity contribution is 0.152. The van der Waals surface area contributed by atoms with Crippen molar-refractivity contribution in [3.63, 3.8) is 0 Å². The van der Waals surface area contributed by atoms with Crippen molar-refractivity contribution in [3.8, 4) is 0 Å². The monoisotopic (exact) mass is 310 g/mol. The van der Waals surface area contributed by atoms with Gasteiger partial charge in [-0.15, -0.1) is 0 Å². The van der Waals surface area contributed by atoms with E-state index in [0.29, 0.717) is 13.1 Å². The van der Waals surface area contributed by atoms with E-state index in [1.165, 1.54) is 0 Å². The summed E-state index contributed by atoms with van der Waals surface area (Å²) in [5.41, 5.74) is 2.18. The van der Waals surface area contributed by atoms with Gasteiger partial charge in [0.15, 0.2) is 0 Å². The third-order valence-corrected chi connectivity index (χ3v) is 4.52. The van der Waals surface area contributed by atoms with Crippen molar-refractivity contribution in [1.29, 1.82) is 0 Å². The van der Waals surface area contributed by atoms with Crippen molar-refractivity contribution in [1.82, 2.24) is 9.80 Å². The number of nitrogens with zero attached hydrogens (tertiary/aromatic N) is 2. The molecule has 0 aliphatic carbocycles. The first-order valence-electron chi connectivity index (χ1n) is 7.96. The molecule has 0 spiro atoms. The van der Waals surface area contributed by atoms with Crippen LogP contribution in [0.4, 0.5) is 4.79 Å². The largest absolute Gasteiger partial charge is 0.394 e. The average molecular weight is 310 g/mol. The Hall–Kier alpha value is -2.33. The Morgan fingerprint density at radius 1 is 0.870 bits per heavy atom. The molecule has 1 saturated heterocycles.